The Hall–Kier alpha value is -4.31. The molecule has 11 nitrogen and oxygen atoms in total. The summed E-state index contributed by atoms with van der Waals surface area (Å²) in [6.45, 7) is 10.2. The zero-order chi connectivity index (χ0) is 32.1. The van der Waals surface area contributed by atoms with E-state index in [-0.39, 0.29) is 34.9 Å². The molecule has 2 unspecified atom stereocenters. The maximum atomic E-state index is 13.5. The molecule has 0 radical (unpaired) electrons. The first-order valence-corrected chi connectivity index (χ1v) is 15.8. The van der Waals surface area contributed by atoms with Crippen molar-refractivity contribution in [1.82, 2.24) is 24.8 Å². The van der Waals surface area contributed by atoms with Gasteiger partial charge in [0.1, 0.15) is 11.6 Å². The van der Waals surface area contributed by atoms with Gasteiger partial charge in [-0.1, -0.05) is 32.9 Å². The molecule has 1 saturated heterocycles. The molecule has 2 atom stereocenters. The van der Waals surface area contributed by atoms with Crippen molar-refractivity contribution >= 4 is 40.1 Å². The minimum absolute atomic E-state index is 0.151. The van der Waals surface area contributed by atoms with Crippen LogP contribution in [0.3, 0.4) is 0 Å². The van der Waals surface area contributed by atoms with Crippen LogP contribution in [0.2, 0.25) is 0 Å². The summed E-state index contributed by atoms with van der Waals surface area (Å²) in [5, 5.41) is 16.3. The lowest BCUT2D eigenvalue weighted by atomic mass is 9.93. The van der Waals surface area contributed by atoms with Gasteiger partial charge in [-0.3, -0.25) is 14.9 Å². The van der Waals surface area contributed by atoms with E-state index in [1.807, 2.05) is 49.6 Å². The first-order valence-electron chi connectivity index (χ1n) is 15.0. The molecule has 4 heterocycles. The number of hydrogen-bond donors (Lipinski definition) is 2. The average Bonchev–Trinajstić information content (AvgIpc) is 3.81. The van der Waals surface area contributed by atoms with E-state index in [0.717, 1.165) is 34.3 Å². The Bertz CT molecular complexity index is 1730. The molecule has 2 N–H and O–H groups in total. The van der Waals surface area contributed by atoms with E-state index < -0.39 is 0 Å². The van der Waals surface area contributed by atoms with Gasteiger partial charge in [-0.05, 0) is 55.0 Å². The highest BCUT2D eigenvalue weighted by Crippen LogP contribution is 2.30. The number of methoxy groups -OCH3 is 1. The first kappa shape index (κ1) is 32.1. The number of benzene rings is 1. The van der Waals surface area contributed by atoms with Crippen LogP contribution in [0.15, 0.2) is 59.0 Å². The number of aromatic nitrogens is 3. The summed E-state index contributed by atoms with van der Waals surface area (Å²) in [6, 6.07) is 11.8. The summed E-state index contributed by atoms with van der Waals surface area (Å²) >= 11 is 1.30. The predicted octanol–water partition coefficient (Wildman–Crippen LogP) is 5.62. The third-order valence-corrected chi connectivity index (χ3v) is 8.67. The molecule has 0 aliphatic carbocycles. The second kappa shape index (κ2) is 13.8. The number of allylic oxidation sites excluding steroid dienone is 1. The molecule has 0 saturated carbocycles. The van der Waals surface area contributed by atoms with Crippen LogP contribution in [0.4, 0.5) is 5.95 Å². The third-order valence-electron chi connectivity index (χ3n) is 7.57. The van der Waals surface area contributed by atoms with Crippen LogP contribution in [-0.2, 0) is 22.6 Å². The summed E-state index contributed by atoms with van der Waals surface area (Å²) < 4.78 is 12.6. The Morgan fingerprint density at radius 3 is 2.82 bits per heavy atom. The van der Waals surface area contributed by atoms with Gasteiger partial charge in [0, 0.05) is 32.8 Å². The van der Waals surface area contributed by atoms with Gasteiger partial charge in [0.05, 0.1) is 39.6 Å². The molecule has 12 heteroatoms. The van der Waals surface area contributed by atoms with Crippen LogP contribution >= 0.6 is 11.3 Å². The maximum absolute atomic E-state index is 13.5. The van der Waals surface area contributed by atoms with Gasteiger partial charge in [-0.25, -0.2) is 9.97 Å². The zero-order valence-corrected chi connectivity index (χ0v) is 27.1. The fourth-order valence-corrected chi connectivity index (χ4v) is 6.35. The van der Waals surface area contributed by atoms with Gasteiger partial charge in [0.2, 0.25) is 5.95 Å². The number of anilines is 1. The SMILES string of the molecule is COCC(C)NCc1ccc2c(c1)nc(NC(=O)c1ccc(-c3cnco3)s1)n2CC1CCCN1C(=O)C(C#N)=CC(C)(C)C. The molecule has 0 bridgehead atoms. The number of fused-ring (bicyclic) bond motifs is 1. The van der Waals surface area contributed by atoms with Gasteiger partial charge in [0.15, 0.2) is 12.2 Å². The molecular formula is C33H39N7O4S. The second-order valence-corrected chi connectivity index (χ2v) is 13.5. The van der Waals surface area contributed by atoms with Crippen molar-refractivity contribution in [3.05, 3.63) is 65.0 Å². The molecule has 5 rings (SSSR count). The number of amides is 2. The number of thiophene rings is 1. The number of oxazole rings is 1. The molecule has 1 aromatic carbocycles. The lowest BCUT2D eigenvalue weighted by Crippen LogP contribution is -2.39. The summed E-state index contributed by atoms with van der Waals surface area (Å²) in [6.07, 6.45) is 6.30. The smallest absolute Gasteiger partial charge is 0.268 e. The Labute approximate surface area is 266 Å². The van der Waals surface area contributed by atoms with Crippen LogP contribution in [0, 0.1) is 16.7 Å². The molecule has 4 aromatic rings. The number of hydrogen-bond acceptors (Lipinski definition) is 9. The minimum Gasteiger partial charge on any atom is -0.443 e. The molecular weight excluding hydrogens is 590 g/mol. The van der Waals surface area contributed by atoms with Gasteiger partial charge in [-0.15, -0.1) is 11.3 Å². The number of imidazole rings is 1. The van der Waals surface area contributed by atoms with E-state index in [9.17, 15) is 14.9 Å². The van der Waals surface area contributed by atoms with Gasteiger partial charge in [-0.2, -0.15) is 5.26 Å². The normalized spacial score (nSPS) is 16.2. The van der Waals surface area contributed by atoms with E-state index >= 15 is 0 Å². The average molecular weight is 630 g/mol. The van der Waals surface area contributed by atoms with Crippen molar-refractivity contribution in [3.8, 4) is 16.7 Å². The van der Waals surface area contributed by atoms with Crippen molar-refractivity contribution in [2.24, 2.45) is 5.41 Å². The minimum atomic E-state index is -0.309. The number of nitrogens with zero attached hydrogens (tertiary/aromatic N) is 5. The first-order chi connectivity index (χ1) is 21.6. The Morgan fingerprint density at radius 1 is 1.29 bits per heavy atom. The van der Waals surface area contributed by atoms with E-state index in [0.29, 0.717) is 42.8 Å². The summed E-state index contributed by atoms with van der Waals surface area (Å²) in [5.74, 6) is 0.432. The molecule has 1 fully saturated rings. The van der Waals surface area contributed by atoms with E-state index in [1.54, 1.807) is 30.3 Å². The standard InChI is InChI=1S/C33H39N7O4S/c1-21(19-43-5)36-16-22-8-9-26-25(13-22)37-32(38-30(41)29-11-10-28(45-29)27-17-35-20-44-27)40(26)18-24-7-6-12-39(24)31(42)23(15-34)14-33(2,3)4/h8-11,13-14,17,20-21,24,36H,6-7,12,16,18-19H2,1-5H3,(H,37,38,41). The van der Waals surface area contributed by atoms with Crippen LogP contribution in [0.25, 0.3) is 21.7 Å². The number of carbonyl (C=O) groups is 2. The molecule has 1 aliphatic rings. The number of likely N-dealkylation sites (tertiary alicyclic amines) is 1. The number of rotatable bonds is 11. The summed E-state index contributed by atoms with van der Waals surface area (Å²) in [4.78, 5) is 38.9. The lowest BCUT2D eigenvalue weighted by molar-refractivity contribution is -0.127. The topological polar surface area (TPSA) is 138 Å². The van der Waals surface area contributed by atoms with Crippen molar-refractivity contribution < 1.29 is 18.7 Å². The third kappa shape index (κ3) is 7.68. The number of nitrogens with one attached hydrogen (secondary N) is 2. The second-order valence-electron chi connectivity index (χ2n) is 12.4. The quantitative estimate of drug-likeness (QED) is 0.161. The Kier molecular flexibility index (Phi) is 9.82. The summed E-state index contributed by atoms with van der Waals surface area (Å²) in [5.41, 5.74) is 2.47. The number of ether oxygens (including phenoxy) is 1. The van der Waals surface area contributed by atoms with E-state index in [2.05, 4.69) is 28.6 Å². The van der Waals surface area contributed by atoms with Gasteiger partial charge >= 0.3 is 0 Å². The van der Waals surface area contributed by atoms with Crippen molar-refractivity contribution in [2.45, 2.75) is 65.7 Å². The number of nitriles is 1. The van der Waals surface area contributed by atoms with E-state index in [4.69, 9.17) is 14.1 Å². The van der Waals surface area contributed by atoms with Crippen LogP contribution in [0.5, 0.6) is 0 Å². The highest BCUT2D eigenvalue weighted by atomic mass is 32.1. The molecule has 1 aliphatic heterocycles. The van der Waals surface area contributed by atoms with Crippen LogP contribution < -0.4 is 10.6 Å². The fraction of sp³-hybridized carbons (Fsp3) is 0.424. The van der Waals surface area contributed by atoms with Gasteiger partial charge in [0.25, 0.3) is 11.8 Å². The van der Waals surface area contributed by atoms with Crippen molar-refractivity contribution in [2.75, 3.05) is 25.6 Å². The highest BCUT2D eigenvalue weighted by Gasteiger charge is 2.32. The largest absolute Gasteiger partial charge is 0.443 e. The molecule has 2 amide bonds. The van der Waals surface area contributed by atoms with Crippen molar-refractivity contribution in [1.29, 1.82) is 5.26 Å². The molecule has 45 heavy (non-hydrogen) atoms. The maximum Gasteiger partial charge on any atom is 0.268 e. The molecule has 236 valence electrons. The zero-order valence-electron chi connectivity index (χ0n) is 26.3. The highest BCUT2D eigenvalue weighted by molar-refractivity contribution is 7.17. The van der Waals surface area contributed by atoms with Crippen LogP contribution in [-0.4, -0.2) is 63.6 Å². The van der Waals surface area contributed by atoms with Crippen LogP contribution in [0.1, 0.15) is 55.8 Å². The van der Waals surface area contributed by atoms with E-state index in [1.165, 1.54) is 17.7 Å². The molecule has 3 aromatic heterocycles. The number of carbonyl (C=O) groups excluding carboxylic acids is 2. The van der Waals surface area contributed by atoms with Crippen molar-refractivity contribution in [3.63, 3.8) is 0 Å². The Morgan fingerprint density at radius 2 is 2.11 bits per heavy atom. The van der Waals surface area contributed by atoms with Gasteiger partial charge < -0.3 is 23.9 Å². The molecule has 0 spiro atoms. The monoisotopic (exact) mass is 629 g/mol. The Balaban J connectivity index is 1.45. The summed E-state index contributed by atoms with van der Waals surface area (Å²) in [7, 11) is 1.68. The fourth-order valence-electron chi connectivity index (χ4n) is 5.49. The lowest BCUT2D eigenvalue weighted by Gasteiger charge is -2.26. The predicted molar refractivity (Wildman–Crippen MR) is 174 cm³/mol.